The lowest BCUT2D eigenvalue weighted by Crippen LogP contribution is -2.40. The van der Waals surface area contributed by atoms with Gasteiger partial charge in [-0.3, -0.25) is 4.79 Å². The first-order chi connectivity index (χ1) is 12.9. The van der Waals surface area contributed by atoms with Crippen molar-refractivity contribution in [3.63, 3.8) is 0 Å². The van der Waals surface area contributed by atoms with Crippen LogP contribution in [0.1, 0.15) is 18.4 Å². The quantitative estimate of drug-likeness (QED) is 0.597. The van der Waals surface area contributed by atoms with Crippen LogP contribution in [-0.4, -0.2) is 38.0 Å². The molecular weight excluding hydrogens is 364 g/mol. The highest BCUT2D eigenvalue weighted by molar-refractivity contribution is 7.88. The van der Waals surface area contributed by atoms with Gasteiger partial charge in [-0.1, -0.05) is 24.3 Å². The number of rotatable bonds is 4. The molecule has 0 radical (unpaired) electrons. The van der Waals surface area contributed by atoms with E-state index in [-0.39, 0.29) is 11.9 Å². The highest BCUT2D eigenvalue weighted by Crippen LogP contribution is 2.25. The molecule has 0 aliphatic carbocycles. The normalized spacial score (nSPS) is 15.9. The van der Waals surface area contributed by atoms with Gasteiger partial charge >= 0.3 is 5.97 Å². The first kappa shape index (κ1) is 19.1. The SMILES string of the molecule is CS(=O)(=O)N1CCC(C(=O)Oc2ccc(-c3ccc(C#N)cc3)cc2)CC1. The van der Waals surface area contributed by atoms with E-state index in [9.17, 15) is 13.2 Å². The smallest absolute Gasteiger partial charge is 0.314 e. The molecule has 1 saturated heterocycles. The second kappa shape index (κ2) is 7.91. The molecular formula is C20H20N2O4S. The minimum Gasteiger partial charge on any atom is -0.426 e. The van der Waals surface area contributed by atoms with Crippen molar-refractivity contribution in [2.24, 2.45) is 5.92 Å². The summed E-state index contributed by atoms with van der Waals surface area (Å²) in [4.78, 5) is 12.3. The molecule has 1 fully saturated rings. The maximum absolute atomic E-state index is 12.3. The van der Waals surface area contributed by atoms with Crippen LogP contribution in [0.4, 0.5) is 0 Å². The van der Waals surface area contributed by atoms with Crippen molar-refractivity contribution < 1.29 is 17.9 Å². The average Bonchev–Trinajstić information content (AvgIpc) is 2.68. The molecule has 0 spiro atoms. The van der Waals surface area contributed by atoms with Crippen LogP contribution in [0.15, 0.2) is 48.5 Å². The summed E-state index contributed by atoms with van der Waals surface area (Å²) in [6, 6.07) is 16.5. The van der Waals surface area contributed by atoms with Crippen LogP contribution in [0.25, 0.3) is 11.1 Å². The predicted octanol–water partition coefficient (Wildman–Crippen LogP) is 2.80. The zero-order valence-electron chi connectivity index (χ0n) is 15.0. The maximum Gasteiger partial charge on any atom is 0.314 e. The van der Waals surface area contributed by atoms with E-state index in [1.807, 2.05) is 24.3 Å². The summed E-state index contributed by atoms with van der Waals surface area (Å²) in [5.74, 6) is -0.154. The Morgan fingerprint density at radius 3 is 2.04 bits per heavy atom. The highest BCUT2D eigenvalue weighted by atomic mass is 32.2. The van der Waals surface area contributed by atoms with Crippen LogP contribution >= 0.6 is 0 Å². The predicted molar refractivity (Wildman–Crippen MR) is 101 cm³/mol. The van der Waals surface area contributed by atoms with E-state index in [1.54, 1.807) is 24.3 Å². The zero-order valence-corrected chi connectivity index (χ0v) is 15.8. The summed E-state index contributed by atoms with van der Waals surface area (Å²) in [5, 5.41) is 8.85. The Hall–Kier alpha value is -2.69. The molecule has 0 aromatic heterocycles. The molecule has 2 aromatic carbocycles. The van der Waals surface area contributed by atoms with Gasteiger partial charge in [0.1, 0.15) is 5.75 Å². The first-order valence-electron chi connectivity index (χ1n) is 8.64. The topological polar surface area (TPSA) is 87.5 Å². The Labute approximate surface area is 159 Å². The van der Waals surface area contributed by atoms with E-state index in [0.717, 1.165) is 11.1 Å². The van der Waals surface area contributed by atoms with Crippen LogP contribution < -0.4 is 4.74 Å². The van der Waals surface area contributed by atoms with Crippen molar-refractivity contribution in [3.05, 3.63) is 54.1 Å². The Balaban J connectivity index is 1.60. The van der Waals surface area contributed by atoms with E-state index >= 15 is 0 Å². The van der Waals surface area contributed by atoms with Crippen LogP contribution in [0, 0.1) is 17.2 Å². The van der Waals surface area contributed by atoms with Gasteiger partial charge < -0.3 is 4.74 Å². The van der Waals surface area contributed by atoms with Gasteiger partial charge in [-0.15, -0.1) is 0 Å². The van der Waals surface area contributed by atoms with Crippen molar-refractivity contribution in [3.8, 4) is 22.9 Å². The molecule has 0 saturated carbocycles. The molecule has 27 heavy (non-hydrogen) atoms. The summed E-state index contributed by atoms with van der Waals surface area (Å²) < 4.78 is 29.9. The monoisotopic (exact) mass is 384 g/mol. The van der Waals surface area contributed by atoms with Crippen LogP contribution in [0.5, 0.6) is 5.75 Å². The maximum atomic E-state index is 12.3. The molecule has 6 nitrogen and oxygen atoms in total. The summed E-state index contributed by atoms with van der Waals surface area (Å²) in [6.45, 7) is 0.687. The van der Waals surface area contributed by atoms with Gasteiger partial charge in [0.25, 0.3) is 0 Å². The number of benzene rings is 2. The van der Waals surface area contributed by atoms with Crippen LogP contribution in [0.2, 0.25) is 0 Å². The van der Waals surface area contributed by atoms with Gasteiger partial charge in [-0.05, 0) is 48.2 Å². The third-order valence-corrected chi connectivity index (χ3v) is 5.98. The number of hydrogen-bond donors (Lipinski definition) is 0. The summed E-state index contributed by atoms with van der Waals surface area (Å²) in [7, 11) is -3.21. The molecule has 0 N–H and O–H groups in total. The summed E-state index contributed by atoms with van der Waals surface area (Å²) in [6.07, 6.45) is 2.12. The van der Waals surface area contributed by atoms with Gasteiger partial charge in [0, 0.05) is 13.1 Å². The van der Waals surface area contributed by atoms with Crippen molar-refractivity contribution in [1.29, 1.82) is 5.26 Å². The zero-order chi connectivity index (χ0) is 19.4. The molecule has 0 bridgehead atoms. The molecule has 0 unspecified atom stereocenters. The number of carbonyl (C=O) groups excluding carboxylic acids is 1. The van der Waals surface area contributed by atoms with Crippen molar-refractivity contribution in [2.75, 3.05) is 19.3 Å². The fourth-order valence-electron chi connectivity index (χ4n) is 3.08. The van der Waals surface area contributed by atoms with Gasteiger partial charge in [-0.2, -0.15) is 5.26 Å². The number of esters is 1. The standard InChI is InChI=1S/C20H20N2O4S/c1-27(24,25)22-12-10-18(11-13-22)20(23)26-19-8-6-17(7-9-19)16-4-2-15(14-21)3-5-16/h2-9,18H,10-13H2,1H3. The van der Waals surface area contributed by atoms with Crippen LogP contribution in [0.3, 0.4) is 0 Å². The van der Waals surface area contributed by atoms with E-state index < -0.39 is 10.0 Å². The minimum atomic E-state index is -3.21. The molecule has 0 amide bonds. The van der Waals surface area contributed by atoms with E-state index in [0.29, 0.717) is 37.2 Å². The van der Waals surface area contributed by atoms with Gasteiger partial charge in [0.15, 0.2) is 0 Å². The fraction of sp³-hybridized carbons (Fsp3) is 0.300. The van der Waals surface area contributed by atoms with Gasteiger partial charge in [-0.25, -0.2) is 12.7 Å². The number of sulfonamides is 1. The molecule has 1 aliphatic rings. The molecule has 3 rings (SSSR count). The number of carbonyl (C=O) groups is 1. The van der Waals surface area contributed by atoms with Crippen molar-refractivity contribution in [1.82, 2.24) is 4.31 Å². The largest absolute Gasteiger partial charge is 0.426 e. The molecule has 1 aliphatic heterocycles. The van der Waals surface area contributed by atoms with E-state index in [4.69, 9.17) is 10.00 Å². The van der Waals surface area contributed by atoms with Crippen molar-refractivity contribution >= 4 is 16.0 Å². The second-order valence-corrected chi connectivity index (χ2v) is 8.55. The average molecular weight is 384 g/mol. The third kappa shape index (κ3) is 4.73. The Kier molecular flexibility index (Phi) is 5.59. The Morgan fingerprint density at radius 2 is 1.56 bits per heavy atom. The lowest BCUT2D eigenvalue weighted by molar-refractivity contribution is -0.140. The fourth-order valence-corrected chi connectivity index (χ4v) is 3.95. The molecule has 140 valence electrons. The third-order valence-electron chi connectivity index (χ3n) is 4.68. The highest BCUT2D eigenvalue weighted by Gasteiger charge is 2.30. The van der Waals surface area contributed by atoms with Gasteiger partial charge in [0.2, 0.25) is 10.0 Å². The van der Waals surface area contributed by atoms with E-state index in [1.165, 1.54) is 10.6 Å². The summed E-state index contributed by atoms with van der Waals surface area (Å²) in [5.41, 5.74) is 2.53. The molecule has 1 heterocycles. The number of nitrogens with zero attached hydrogens (tertiary/aromatic N) is 2. The Morgan fingerprint density at radius 1 is 1.04 bits per heavy atom. The number of hydrogen-bond acceptors (Lipinski definition) is 5. The second-order valence-electron chi connectivity index (χ2n) is 6.57. The van der Waals surface area contributed by atoms with Crippen molar-refractivity contribution in [2.45, 2.75) is 12.8 Å². The lowest BCUT2D eigenvalue weighted by atomic mass is 9.98. The molecule has 2 aromatic rings. The van der Waals surface area contributed by atoms with Crippen LogP contribution in [-0.2, 0) is 14.8 Å². The molecule has 7 heteroatoms. The Bertz CT molecular complexity index is 953. The number of piperidine rings is 1. The number of nitriles is 1. The lowest BCUT2D eigenvalue weighted by Gasteiger charge is -2.28. The summed E-state index contributed by atoms with van der Waals surface area (Å²) >= 11 is 0. The number of ether oxygens (including phenoxy) is 1. The first-order valence-corrected chi connectivity index (χ1v) is 10.5. The van der Waals surface area contributed by atoms with E-state index in [2.05, 4.69) is 6.07 Å². The molecule has 0 atom stereocenters. The minimum absolute atomic E-state index is 0.291. The van der Waals surface area contributed by atoms with Gasteiger partial charge in [0.05, 0.1) is 23.8 Å².